The second-order valence-electron chi connectivity index (χ2n) is 3.73. The predicted octanol–water partition coefficient (Wildman–Crippen LogP) is 1.97. The minimum Gasteiger partial charge on any atom is -0.315 e. The Morgan fingerprint density at radius 2 is 2.17 bits per heavy atom. The molecule has 0 radical (unpaired) electrons. The molecule has 0 spiro atoms. The smallest absolute Gasteiger partial charge is 0.315 e. The van der Waals surface area contributed by atoms with Crippen LogP contribution in [0, 0.1) is 0 Å². The summed E-state index contributed by atoms with van der Waals surface area (Å²) in [4.78, 5) is 10.2. The SMILES string of the molecule is O=CNC1=NN(c2cccc(C(F)(F)F)c2)CC1. The Hall–Kier alpha value is -2.05. The number of nitrogens with zero attached hydrogens (tertiary/aromatic N) is 2. The number of alkyl halides is 3. The Morgan fingerprint density at radius 1 is 1.39 bits per heavy atom. The van der Waals surface area contributed by atoms with Crippen molar-refractivity contribution in [1.82, 2.24) is 5.32 Å². The van der Waals surface area contributed by atoms with E-state index in [9.17, 15) is 18.0 Å². The Kier molecular flexibility index (Phi) is 3.22. The van der Waals surface area contributed by atoms with Crippen molar-refractivity contribution in [2.75, 3.05) is 11.6 Å². The zero-order chi connectivity index (χ0) is 13.2. The van der Waals surface area contributed by atoms with Gasteiger partial charge in [-0.15, -0.1) is 0 Å². The summed E-state index contributed by atoms with van der Waals surface area (Å²) in [6, 6.07) is 4.92. The van der Waals surface area contributed by atoms with Crippen LogP contribution in [0.1, 0.15) is 12.0 Å². The highest BCUT2D eigenvalue weighted by molar-refractivity contribution is 5.92. The van der Waals surface area contributed by atoms with E-state index >= 15 is 0 Å². The summed E-state index contributed by atoms with van der Waals surface area (Å²) in [6.45, 7) is 0.442. The van der Waals surface area contributed by atoms with Crippen molar-refractivity contribution in [3.63, 3.8) is 0 Å². The molecule has 0 bridgehead atoms. The molecule has 0 unspecified atom stereocenters. The van der Waals surface area contributed by atoms with Gasteiger partial charge in [-0.3, -0.25) is 9.80 Å². The standard InChI is InChI=1S/C11H10F3N3O/c12-11(13,14)8-2-1-3-9(6-8)17-5-4-10(16-17)15-7-18/h1-3,6-7H,4-5H2,(H,15,16,18). The van der Waals surface area contributed by atoms with E-state index in [1.807, 2.05) is 0 Å². The fourth-order valence-electron chi connectivity index (χ4n) is 1.66. The first kappa shape index (κ1) is 12.4. The maximum Gasteiger partial charge on any atom is 0.416 e. The maximum absolute atomic E-state index is 12.5. The van der Waals surface area contributed by atoms with Crippen LogP contribution in [0.15, 0.2) is 29.4 Å². The van der Waals surface area contributed by atoms with Crippen LogP contribution in [0.25, 0.3) is 0 Å². The Balaban J connectivity index is 2.22. The van der Waals surface area contributed by atoms with Gasteiger partial charge in [0.1, 0.15) is 5.84 Å². The number of anilines is 1. The van der Waals surface area contributed by atoms with Gasteiger partial charge in [0, 0.05) is 13.0 Å². The number of rotatable bonds is 2. The van der Waals surface area contributed by atoms with E-state index in [0.29, 0.717) is 30.9 Å². The second kappa shape index (κ2) is 4.67. The summed E-state index contributed by atoms with van der Waals surface area (Å²) in [7, 11) is 0. The normalized spacial score (nSPS) is 15.5. The first-order valence-electron chi connectivity index (χ1n) is 5.23. The molecule has 0 aromatic heterocycles. The number of benzene rings is 1. The Bertz CT molecular complexity index is 485. The van der Waals surface area contributed by atoms with Gasteiger partial charge in [-0.2, -0.15) is 18.3 Å². The molecule has 1 aliphatic rings. The quantitative estimate of drug-likeness (QED) is 0.823. The van der Waals surface area contributed by atoms with Crippen LogP contribution in [0.3, 0.4) is 0 Å². The average Bonchev–Trinajstić information content (AvgIpc) is 2.77. The summed E-state index contributed by atoms with van der Waals surface area (Å²) in [5.74, 6) is 0.447. The molecule has 1 heterocycles. The zero-order valence-electron chi connectivity index (χ0n) is 9.24. The maximum atomic E-state index is 12.5. The van der Waals surface area contributed by atoms with Crippen LogP contribution in [-0.2, 0) is 11.0 Å². The molecule has 0 saturated carbocycles. The number of amidine groups is 1. The first-order chi connectivity index (χ1) is 8.50. The molecule has 0 saturated heterocycles. The van der Waals surface area contributed by atoms with Crippen LogP contribution in [0.5, 0.6) is 0 Å². The van der Waals surface area contributed by atoms with E-state index < -0.39 is 11.7 Å². The summed E-state index contributed by atoms with van der Waals surface area (Å²) in [6.07, 6.45) is -3.38. The van der Waals surface area contributed by atoms with Gasteiger partial charge in [0.25, 0.3) is 0 Å². The Morgan fingerprint density at radius 3 is 2.83 bits per heavy atom. The van der Waals surface area contributed by atoms with Crippen molar-refractivity contribution in [2.45, 2.75) is 12.6 Å². The van der Waals surface area contributed by atoms with Gasteiger partial charge in [0.15, 0.2) is 0 Å². The minimum absolute atomic E-state index is 0.354. The van der Waals surface area contributed by atoms with E-state index in [2.05, 4.69) is 10.4 Å². The van der Waals surface area contributed by atoms with E-state index in [4.69, 9.17) is 0 Å². The molecule has 18 heavy (non-hydrogen) atoms. The van der Waals surface area contributed by atoms with Crippen molar-refractivity contribution in [2.24, 2.45) is 5.10 Å². The van der Waals surface area contributed by atoms with Gasteiger partial charge in [0.05, 0.1) is 11.3 Å². The predicted molar refractivity (Wildman–Crippen MR) is 60.0 cm³/mol. The highest BCUT2D eigenvalue weighted by Crippen LogP contribution is 2.32. The molecule has 0 fully saturated rings. The molecular formula is C11H10F3N3O. The number of nitrogens with one attached hydrogen (secondary N) is 1. The van der Waals surface area contributed by atoms with E-state index in [1.54, 1.807) is 6.07 Å². The third-order valence-corrected chi connectivity index (χ3v) is 2.50. The monoisotopic (exact) mass is 257 g/mol. The van der Waals surface area contributed by atoms with Crippen LogP contribution in [-0.4, -0.2) is 18.8 Å². The fourth-order valence-corrected chi connectivity index (χ4v) is 1.66. The molecule has 4 nitrogen and oxygen atoms in total. The summed E-state index contributed by atoms with van der Waals surface area (Å²) in [5.41, 5.74) is -0.362. The molecular weight excluding hydrogens is 247 g/mol. The highest BCUT2D eigenvalue weighted by atomic mass is 19.4. The lowest BCUT2D eigenvalue weighted by Gasteiger charge is -2.15. The topological polar surface area (TPSA) is 44.7 Å². The van der Waals surface area contributed by atoms with Crippen LogP contribution < -0.4 is 10.3 Å². The van der Waals surface area contributed by atoms with Crippen molar-refractivity contribution < 1.29 is 18.0 Å². The summed E-state index contributed by atoms with van der Waals surface area (Å²) < 4.78 is 37.6. The molecule has 96 valence electrons. The minimum atomic E-state index is -4.37. The van der Waals surface area contributed by atoms with Gasteiger partial charge in [-0.25, -0.2) is 0 Å². The van der Waals surface area contributed by atoms with Crippen molar-refractivity contribution in [1.29, 1.82) is 0 Å². The highest BCUT2D eigenvalue weighted by Gasteiger charge is 2.31. The fraction of sp³-hybridized carbons (Fsp3) is 0.273. The van der Waals surface area contributed by atoms with Crippen molar-refractivity contribution in [3.8, 4) is 0 Å². The second-order valence-corrected chi connectivity index (χ2v) is 3.73. The van der Waals surface area contributed by atoms with Gasteiger partial charge in [-0.1, -0.05) is 6.07 Å². The number of halogens is 3. The molecule has 1 amide bonds. The third kappa shape index (κ3) is 2.61. The van der Waals surface area contributed by atoms with Crippen LogP contribution in [0.2, 0.25) is 0 Å². The number of hydrogen-bond donors (Lipinski definition) is 1. The lowest BCUT2D eigenvalue weighted by atomic mass is 10.2. The van der Waals surface area contributed by atoms with Crippen LogP contribution in [0.4, 0.5) is 18.9 Å². The molecule has 0 aliphatic carbocycles. The number of hydrazone groups is 1. The molecule has 7 heteroatoms. The molecule has 1 N–H and O–H groups in total. The molecule has 1 aromatic rings. The average molecular weight is 257 g/mol. The lowest BCUT2D eigenvalue weighted by Crippen LogP contribution is -2.18. The lowest BCUT2D eigenvalue weighted by molar-refractivity contribution is -0.137. The van der Waals surface area contributed by atoms with Gasteiger partial charge in [0.2, 0.25) is 6.41 Å². The van der Waals surface area contributed by atoms with Gasteiger partial charge < -0.3 is 5.32 Å². The van der Waals surface area contributed by atoms with Crippen LogP contribution >= 0.6 is 0 Å². The zero-order valence-corrected chi connectivity index (χ0v) is 9.24. The molecule has 0 atom stereocenters. The van der Waals surface area contributed by atoms with Crippen molar-refractivity contribution >= 4 is 17.9 Å². The summed E-state index contributed by atoms with van der Waals surface area (Å²) in [5, 5.41) is 7.84. The third-order valence-electron chi connectivity index (χ3n) is 2.50. The Labute approximate surface area is 101 Å². The molecule has 2 rings (SSSR count). The summed E-state index contributed by atoms with van der Waals surface area (Å²) >= 11 is 0. The van der Waals surface area contributed by atoms with E-state index in [1.165, 1.54) is 11.1 Å². The molecule has 1 aliphatic heterocycles. The number of hydrogen-bond acceptors (Lipinski definition) is 3. The van der Waals surface area contributed by atoms with Crippen molar-refractivity contribution in [3.05, 3.63) is 29.8 Å². The number of carbonyl (C=O) groups excluding carboxylic acids is 1. The van der Waals surface area contributed by atoms with E-state index in [0.717, 1.165) is 12.1 Å². The van der Waals surface area contributed by atoms with Gasteiger partial charge >= 0.3 is 6.18 Å². The largest absolute Gasteiger partial charge is 0.416 e. The first-order valence-corrected chi connectivity index (χ1v) is 5.23. The number of amides is 1. The number of carbonyl (C=O) groups is 1. The van der Waals surface area contributed by atoms with E-state index in [-0.39, 0.29) is 0 Å². The van der Waals surface area contributed by atoms with Gasteiger partial charge in [-0.05, 0) is 18.2 Å². The molecule has 1 aromatic carbocycles.